The molecule has 0 radical (unpaired) electrons. The van der Waals surface area contributed by atoms with Crippen LogP contribution in [-0.4, -0.2) is 23.1 Å². The lowest BCUT2D eigenvalue weighted by molar-refractivity contribution is -0.137. The minimum atomic E-state index is -4.46. The topological polar surface area (TPSA) is 64.6 Å². The summed E-state index contributed by atoms with van der Waals surface area (Å²) < 4.78 is 48.2. The molecular formula is C19H14F3N3O3. The SMILES string of the molecule is CN(C(=O)Oc1ccc(Oc2ccc(C(F)(F)F)cn2)cc1)c1ccccn1. The van der Waals surface area contributed by atoms with E-state index < -0.39 is 17.8 Å². The maximum atomic E-state index is 12.5. The number of pyridine rings is 2. The van der Waals surface area contributed by atoms with Gasteiger partial charge >= 0.3 is 12.3 Å². The Balaban J connectivity index is 1.61. The number of carbonyl (C=O) groups is 1. The molecule has 6 nitrogen and oxygen atoms in total. The molecule has 0 bridgehead atoms. The number of ether oxygens (including phenoxy) is 2. The Kier molecular flexibility index (Phi) is 5.44. The number of aromatic nitrogens is 2. The molecule has 0 unspecified atom stereocenters. The van der Waals surface area contributed by atoms with Crippen molar-refractivity contribution in [2.24, 2.45) is 0 Å². The fourth-order valence-corrected chi connectivity index (χ4v) is 2.12. The van der Waals surface area contributed by atoms with Gasteiger partial charge in [0.1, 0.15) is 17.3 Å². The molecule has 0 aliphatic rings. The Hall–Kier alpha value is -3.62. The minimum absolute atomic E-state index is 0.00706. The highest BCUT2D eigenvalue weighted by molar-refractivity contribution is 5.87. The van der Waals surface area contributed by atoms with Crippen LogP contribution in [0.1, 0.15) is 5.56 Å². The molecule has 0 aliphatic heterocycles. The summed E-state index contributed by atoms with van der Waals surface area (Å²) in [5.74, 6) is 1.03. The number of hydrogen-bond donors (Lipinski definition) is 0. The largest absolute Gasteiger partial charge is 0.439 e. The summed E-state index contributed by atoms with van der Waals surface area (Å²) in [6.07, 6.45) is -2.84. The van der Waals surface area contributed by atoms with E-state index in [0.717, 1.165) is 12.1 Å². The second-order valence-electron chi connectivity index (χ2n) is 5.57. The molecule has 0 spiro atoms. The lowest BCUT2D eigenvalue weighted by Crippen LogP contribution is -2.30. The van der Waals surface area contributed by atoms with Gasteiger partial charge in [-0.05, 0) is 42.5 Å². The van der Waals surface area contributed by atoms with Crippen LogP contribution in [0.15, 0.2) is 67.0 Å². The maximum Gasteiger partial charge on any atom is 0.420 e. The fraction of sp³-hybridized carbons (Fsp3) is 0.105. The Morgan fingerprint density at radius 2 is 1.68 bits per heavy atom. The minimum Gasteiger partial charge on any atom is -0.439 e. The van der Waals surface area contributed by atoms with Crippen molar-refractivity contribution in [1.82, 2.24) is 9.97 Å². The summed E-state index contributed by atoms with van der Waals surface area (Å²) >= 11 is 0. The van der Waals surface area contributed by atoms with E-state index in [1.807, 2.05) is 0 Å². The van der Waals surface area contributed by atoms with Crippen LogP contribution in [0, 0.1) is 0 Å². The molecule has 0 aliphatic carbocycles. The molecule has 1 aromatic carbocycles. The molecule has 3 aromatic rings. The number of benzene rings is 1. The average Bonchev–Trinajstić information content (AvgIpc) is 2.69. The van der Waals surface area contributed by atoms with E-state index in [1.165, 1.54) is 36.2 Å². The highest BCUT2D eigenvalue weighted by Crippen LogP contribution is 2.30. The first kappa shape index (κ1) is 19.2. The number of carbonyl (C=O) groups excluding carboxylic acids is 1. The zero-order chi connectivity index (χ0) is 20.1. The van der Waals surface area contributed by atoms with E-state index >= 15 is 0 Å². The summed E-state index contributed by atoms with van der Waals surface area (Å²) in [5, 5.41) is 0. The van der Waals surface area contributed by atoms with Gasteiger partial charge in [0.15, 0.2) is 0 Å². The molecule has 1 amide bonds. The molecule has 0 N–H and O–H groups in total. The quantitative estimate of drug-likeness (QED) is 0.634. The number of rotatable bonds is 4. The molecule has 0 saturated carbocycles. The lowest BCUT2D eigenvalue weighted by atomic mass is 10.3. The third kappa shape index (κ3) is 4.76. The average molecular weight is 389 g/mol. The van der Waals surface area contributed by atoms with E-state index in [9.17, 15) is 18.0 Å². The Morgan fingerprint density at radius 1 is 0.964 bits per heavy atom. The van der Waals surface area contributed by atoms with Crippen molar-refractivity contribution in [3.05, 3.63) is 72.6 Å². The molecule has 2 heterocycles. The van der Waals surface area contributed by atoms with Crippen LogP contribution in [0.5, 0.6) is 17.4 Å². The van der Waals surface area contributed by atoms with Crippen molar-refractivity contribution in [2.75, 3.05) is 11.9 Å². The summed E-state index contributed by atoms with van der Waals surface area (Å²) in [6.45, 7) is 0. The Morgan fingerprint density at radius 3 is 2.25 bits per heavy atom. The molecule has 0 fully saturated rings. The van der Waals surface area contributed by atoms with Gasteiger partial charge in [-0.25, -0.2) is 14.8 Å². The number of amides is 1. The van der Waals surface area contributed by atoms with Gasteiger partial charge in [0, 0.05) is 25.5 Å². The van der Waals surface area contributed by atoms with Gasteiger partial charge in [0.25, 0.3) is 0 Å². The second kappa shape index (κ2) is 7.95. The number of alkyl halides is 3. The highest BCUT2D eigenvalue weighted by atomic mass is 19.4. The van der Waals surface area contributed by atoms with Gasteiger partial charge in [0.05, 0.1) is 5.56 Å². The molecule has 3 rings (SSSR count). The van der Waals surface area contributed by atoms with Crippen LogP contribution in [0.25, 0.3) is 0 Å². The van der Waals surface area contributed by atoms with Gasteiger partial charge < -0.3 is 9.47 Å². The molecule has 28 heavy (non-hydrogen) atoms. The van der Waals surface area contributed by atoms with E-state index in [-0.39, 0.29) is 11.6 Å². The van der Waals surface area contributed by atoms with E-state index in [2.05, 4.69) is 9.97 Å². The zero-order valence-corrected chi connectivity index (χ0v) is 14.6. The highest BCUT2D eigenvalue weighted by Gasteiger charge is 2.30. The van der Waals surface area contributed by atoms with Crippen LogP contribution in [0.2, 0.25) is 0 Å². The first-order valence-electron chi connectivity index (χ1n) is 8.01. The Bertz CT molecular complexity index is 931. The zero-order valence-electron chi connectivity index (χ0n) is 14.6. The third-order valence-electron chi connectivity index (χ3n) is 3.58. The fourth-order valence-electron chi connectivity index (χ4n) is 2.12. The van der Waals surface area contributed by atoms with Gasteiger partial charge in [-0.1, -0.05) is 6.07 Å². The molecule has 0 saturated heterocycles. The van der Waals surface area contributed by atoms with Crippen LogP contribution >= 0.6 is 0 Å². The van der Waals surface area contributed by atoms with Crippen molar-refractivity contribution in [1.29, 1.82) is 0 Å². The van der Waals surface area contributed by atoms with Crippen LogP contribution in [-0.2, 0) is 6.18 Å². The van der Waals surface area contributed by atoms with Crippen molar-refractivity contribution >= 4 is 11.9 Å². The van der Waals surface area contributed by atoms with Gasteiger partial charge in [0.2, 0.25) is 5.88 Å². The third-order valence-corrected chi connectivity index (χ3v) is 3.58. The monoisotopic (exact) mass is 389 g/mol. The molecule has 144 valence electrons. The number of hydrogen-bond acceptors (Lipinski definition) is 5. The predicted molar refractivity (Wildman–Crippen MR) is 94.4 cm³/mol. The van der Waals surface area contributed by atoms with Crippen molar-refractivity contribution in [2.45, 2.75) is 6.18 Å². The molecule has 0 atom stereocenters. The van der Waals surface area contributed by atoms with Crippen LogP contribution in [0.3, 0.4) is 0 Å². The normalized spacial score (nSPS) is 11.0. The van der Waals surface area contributed by atoms with E-state index in [4.69, 9.17) is 9.47 Å². The molecular weight excluding hydrogens is 375 g/mol. The van der Waals surface area contributed by atoms with Gasteiger partial charge in [-0.2, -0.15) is 13.2 Å². The van der Waals surface area contributed by atoms with Crippen LogP contribution < -0.4 is 14.4 Å². The number of anilines is 1. The lowest BCUT2D eigenvalue weighted by Gasteiger charge is -2.15. The summed E-state index contributed by atoms with van der Waals surface area (Å²) in [6, 6.07) is 13.1. The van der Waals surface area contributed by atoms with E-state index in [0.29, 0.717) is 17.8 Å². The van der Waals surface area contributed by atoms with Gasteiger partial charge in [-0.3, -0.25) is 4.90 Å². The number of halogens is 3. The predicted octanol–water partition coefficient (Wildman–Crippen LogP) is 4.92. The first-order chi connectivity index (χ1) is 13.3. The number of nitrogens with zero attached hydrogens (tertiary/aromatic N) is 3. The maximum absolute atomic E-state index is 12.5. The first-order valence-corrected chi connectivity index (χ1v) is 8.01. The van der Waals surface area contributed by atoms with E-state index in [1.54, 1.807) is 24.4 Å². The van der Waals surface area contributed by atoms with Crippen molar-refractivity contribution < 1.29 is 27.4 Å². The van der Waals surface area contributed by atoms with Crippen molar-refractivity contribution in [3.63, 3.8) is 0 Å². The molecule has 9 heteroatoms. The van der Waals surface area contributed by atoms with Crippen molar-refractivity contribution in [3.8, 4) is 17.4 Å². The van der Waals surface area contributed by atoms with Gasteiger partial charge in [-0.15, -0.1) is 0 Å². The summed E-state index contributed by atoms with van der Waals surface area (Å²) in [5.41, 5.74) is -0.862. The Labute approximate surface area is 158 Å². The standard InChI is InChI=1S/C19H14F3N3O3/c1-25(16-4-2-3-11-23-16)18(26)28-15-8-6-14(7-9-15)27-17-10-5-13(12-24-17)19(20,21)22/h2-12H,1H3. The van der Waals surface area contributed by atoms with Crippen LogP contribution in [0.4, 0.5) is 23.8 Å². The second-order valence-corrected chi connectivity index (χ2v) is 5.57. The smallest absolute Gasteiger partial charge is 0.420 e. The summed E-state index contributed by atoms with van der Waals surface area (Å²) in [7, 11) is 1.53. The summed E-state index contributed by atoms with van der Waals surface area (Å²) in [4.78, 5) is 21.1. The molecule has 2 aromatic heterocycles.